The molecule has 2 aromatic rings. The Morgan fingerprint density at radius 1 is 1.45 bits per heavy atom. The van der Waals surface area contributed by atoms with Crippen molar-refractivity contribution in [3.8, 4) is 11.5 Å². The molecule has 5 nitrogen and oxygen atoms in total. The lowest BCUT2D eigenvalue weighted by Crippen LogP contribution is -2.11. The van der Waals surface area contributed by atoms with Gasteiger partial charge in [0.2, 0.25) is 0 Å². The number of hydrogen-bond acceptors (Lipinski definition) is 5. The molecule has 0 bridgehead atoms. The molecule has 0 spiro atoms. The van der Waals surface area contributed by atoms with E-state index in [9.17, 15) is 9.90 Å². The predicted octanol–water partition coefficient (Wildman–Crippen LogP) is 2.60. The Kier molecular flexibility index (Phi) is 3.31. The average Bonchev–Trinajstić information content (AvgIpc) is 2.99. The van der Waals surface area contributed by atoms with Crippen molar-refractivity contribution in [3.05, 3.63) is 34.3 Å². The number of carbonyl (C=O) groups excluding carboxylic acids is 1. The van der Waals surface area contributed by atoms with Gasteiger partial charge >= 0.3 is 0 Å². The van der Waals surface area contributed by atoms with E-state index in [1.807, 2.05) is 0 Å². The molecule has 3 rings (SSSR count). The molecule has 1 heterocycles. The van der Waals surface area contributed by atoms with Crippen molar-refractivity contribution in [1.82, 2.24) is 4.98 Å². The number of thiazole rings is 1. The molecule has 1 amide bonds. The molecule has 20 heavy (non-hydrogen) atoms. The number of nitrogens with zero attached hydrogens (tertiary/aromatic N) is 1. The molecule has 0 fully saturated rings. The highest BCUT2D eigenvalue weighted by molar-refractivity contribution is 7.15. The highest BCUT2D eigenvalue weighted by atomic mass is 32.1. The van der Waals surface area contributed by atoms with Gasteiger partial charge in [0.1, 0.15) is 0 Å². The van der Waals surface area contributed by atoms with Crippen molar-refractivity contribution in [1.29, 1.82) is 0 Å². The van der Waals surface area contributed by atoms with Crippen LogP contribution in [0.1, 0.15) is 27.3 Å². The summed E-state index contributed by atoms with van der Waals surface area (Å²) in [5.74, 6) is 0.00642. The molecule has 0 saturated carbocycles. The standard InChI is InChI=1S/C14H14N2O3S/c1-19-11-6-5-8(7-10(11)17)13(18)16-14-15-9-3-2-4-12(9)20-14/h5-7,17H,2-4H2,1H3,(H,15,16,18). The normalized spacial score (nSPS) is 13.1. The van der Waals surface area contributed by atoms with Crippen LogP contribution in [0.25, 0.3) is 0 Å². The molecular formula is C14H14N2O3S. The summed E-state index contributed by atoms with van der Waals surface area (Å²) in [5, 5.41) is 13.1. The number of methoxy groups -OCH3 is 1. The van der Waals surface area contributed by atoms with Crippen molar-refractivity contribution in [2.24, 2.45) is 0 Å². The molecule has 104 valence electrons. The lowest BCUT2D eigenvalue weighted by atomic mass is 10.2. The summed E-state index contributed by atoms with van der Waals surface area (Å²) in [6.45, 7) is 0. The van der Waals surface area contributed by atoms with Gasteiger partial charge in [0.05, 0.1) is 12.8 Å². The predicted molar refractivity (Wildman–Crippen MR) is 76.8 cm³/mol. The van der Waals surface area contributed by atoms with Crippen LogP contribution in [0.4, 0.5) is 5.13 Å². The van der Waals surface area contributed by atoms with E-state index in [-0.39, 0.29) is 11.7 Å². The van der Waals surface area contributed by atoms with Gasteiger partial charge in [-0.25, -0.2) is 4.98 Å². The molecular weight excluding hydrogens is 276 g/mol. The van der Waals surface area contributed by atoms with E-state index in [1.54, 1.807) is 12.1 Å². The van der Waals surface area contributed by atoms with Crippen LogP contribution >= 0.6 is 11.3 Å². The van der Waals surface area contributed by atoms with Crippen LogP contribution in [0.2, 0.25) is 0 Å². The van der Waals surface area contributed by atoms with E-state index in [1.165, 1.54) is 29.4 Å². The SMILES string of the molecule is COc1ccc(C(=O)Nc2nc3c(s2)CCC3)cc1O. The highest BCUT2D eigenvalue weighted by Gasteiger charge is 2.18. The van der Waals surface area contributed by atoms with Crippen LogP contribution in [-0.2, 0) is 12.8 Å². The summed E-state index contributed by atoms with van der Waals surface area (Å²) < 4.78 is 4.95. The molecule has 0 atom stereocenters. The number of phenols is 1. The van der Waals surface area contributed by atoms with Crippen LogP contribution in [0, 0.1) is 0 Å². The third-order valence-corrected chi connectivity index (χ3v) is 4.33. The summed E-state index contributed by atoms with van der Waals surface area (Å²) >= 11 is 1.53. The van der Waals surface area contributed by atoms with Crippen LogP contribution in [0.15, 0.2) is 18.2 Å². The van der Waals surface area contributed by atoms with Crippen LogP contribution in [-0.4, -0.2) is 23.1 Å². The number of aromatic hydroxyl groups is 1. The molecule has 0 aliphatic heterocycles. The number of carbonyl (C=O) groups is 1. The number of nitrogens with one attached hydrogen (secondary N) is 1. The smallest absolute Gasteiger partial charge is 0.257 e. The minimum Gasteiger partial charge on any atom is -0.504 e. The van der Waals surface area contributed by atoms with E-state index in [4.69, 9.17) is 4.74 Å². The Bertz CT molecular complexity index is 645. The Labute approximate surface area is 120 Å². The second kappa shape index (κ2) is 5.13. The largest absolute Gasteiger partial charge is 0.504 e. The number of aryl methyl sites for hydroxylation is 2. The minimum atomic E-state index is -0.282. The van der Waals surface area contributed by atoms with E-state index in [2.05, 4.69) is 10.3 Å². The Morgan fingerprint density at radius 2 is 2.30 bits per heavy atom. The summed E-state index contributed by atoms with van der Waals surface area (Å²) in [5.41, 5.74) is 1.47. The first-order chi connectivity index (χ1) is 9.67. The quantitative estimate of drug-likeness (QED) is 0.911. The zero-order chi connectivity index (χ0) is 14.1. The molecule has 2 N–H and O–H groups in total. The van der Waals surface area contributed by atoms with Gasteiger partial charge in [-0.05, 0) is 37.5 Å². The first-order valence-electron chi connectivity index (χ1n) is 6.34. The van der Waals surface area contributed by atoms with Gasteiger partial charge in [-0.1, -0.05) is 0 Å². The molecule has 1 aromatic carbocycles. The summed E-state index contributed by atoms with van der Waals surface area (Å²) in [4.78, 5) is 17.8. The van der Waals surface area contributed by atoms with Gasteiger partial charge in [-0.3, -0.25) is 10.1 Å². The first-order valence-corrected chi connectivity index (χ1v) is 7.16. The highest BCUT2D eigenvalue weighted by Crippen LogP contribution is 2.31. The first kappa shape index (κ1) is 12.9. The van der Waals surface area contributed by atoms with E-state index in [0.717, 1.165) is 25.0 Å². The van der Waals surface area contributed by atoms with Gasteiger partial charge in [-0.2, -0.15) is 0 Å². The minimum absolute atomic E-state index is 0.0539. The van der Waals surface area contributed by atoms with Crippen molar-refractivity contribution >= 4 is 22.4 Å². The number of fused-ring (bicyclic) bond motifs is 1. The van der Waals surface area contributed by atoms with Gasteiger partial charge in [0.25, 0.3) is 5.91 Å². The number of phenolic OH excluding ortho intramolecular Hbond substituents is 1. The third kappa shape index (κ3) is 2.34. The maximum absolute atomic E-state index is 12.1. The zero-order valence-corrected chi connectivity index (χ0v) is 11.8. The van der Waals surface area contributed by atoms with Gasteiger partial charge in [0.15, 0.2) is 16.6 Å². The van der Waals surface area contributed by atoms with Gasteiger partial charge in [0, 0.05) is 10.4 Å². The van der Waals surface area contributed by atoms with Gasteiger partial charge < -0.3 is 9.84 Å². The van der Waals surface area contributed by atoms with E-state index < -0.39 is 0 Å². The van der Waals surface area contributed by atoms with Crippen LogP contribution in [0.3, 0.4) is 0 Å². The fraction of sp³-hybridized carbons (Fsp3) is 0.286. The second-order valence-electron chi connectivity index (χ2n) is 4.58. The fourth-order valence-corrected chi connectivity index (χ4v) is 3.29. The molecule has 1 aliphatic carbocycles. The molecule has 0 unspecified atom stereocenters. The molecule has 0 saturated heterocycles. The van der Waals surface area contributed by atoms with E-state index >= 15 is 0 Å². The monoisotopic (exact) mass is 290 g/mol. The Balaban J connectivity index is 1.77. The Hall–Kier alpha value is -2.08. The van der Waals surface area contributed by atoms with Crippen LogP contribution < -0.4 is 10.1 Å². The fourth-order valence-electron chi connectivity index (χ4n) is 2.24. The second-order valence-corrected chi connectivity index (χ2v) is 5.67. The molecule has 1 aromatic heterocycles. The lowest BCUT2D eigenvalue weighted by Gasteiger charge is -2.06. The van der Waals surface area contributed by atoms with Gasteiger partial charge in [-0.15, -0.1) is 11.3 Å². The molecule has 1 aliphatic rings. The number of ether oxygens (including phenoxy) is 1. The number of hydrogen-bond donors (Lipinski definition) is 2. The third-order valence-electron chi connectivity index (χ3n) is 3.26. The summed E-state index contributed by atoms with van der Waals surface area (Å²) in [6.07, 6.45) is 3.19. The number of amides is 1. The van der Waals surface area contributed by atoms with Crippen molar-refractivity contribution in [2.75, 3.05) is 12.4 Å². The average molecular weight is 290 g/mol. The summed E-state index contributed by atoms with van der Waals surface area (Å²) in [7, 11) is 1.46. The van der Waals surface area contributed by atoms with Crippen molar-refractivity contribution < 1.29 is 14.6 Å². The molecule has 0 radical (unpaired) electrons. The zero-order valence-electron chi connectivity index (χ0n) is 11.0. The Morgan fingerprint density at radius 3 is 3.00 bits per heavy atom. The van der Waals surface area contributed by atoms with Crippen LogP contribution in [0.5, 0.6) is 11.5 Å². The number of benzene rings is 1. The number of anilines is 1. The van der Waals surface area contributed by atoms with Crippen molar-refractivity contribution in [2.45, 2.75) is 19.3 Å². The topological polar surface area (TPSA) is 71.5 Å². The van der Waals surface area contributed by atoms with E-state index in [0.29, 0.717) is 16.4 Å². The maximum Gasteiger partial charge on any atom is 0.257 e. The van der Waals surface area contributed by atoms with Crippen molar-refractivity contribution in [3.63, 3.8) is 0 Å². The summed E-state index contributed by atoms with van der Waals surface area (Å²) in [6, 6.07) is 4.55. The number of aromatic nitrogens is 1. The maximum atomic E-state index is 12.1. The molecule has 6 heteroatoms. The number of rotatable bonds is 3. The lowest BCUT2D eigenvalue weighted by molar-refractivity contribution is 0.102.